The molecular weight excluding hydrogens is 198 g/mol. The predicted octanol–water partition coefficient (Wildman–Crippen LogP) is 1.83. The smallest absolute Gasteiger partial charge is 0.331 e. The molecule has 3 nitrogen and oxygen atoms in total. The average Bonchev–Trinajstić information content (AvgIpc) is 2.58. The molecule has 0 aliphatic heterocycles. The highest BCUT2D eigenvalue weighted by atomic mass is 32.1. The molecule has 0 spiro atoms. The van der Waals surface area contributed by atoms with Crippen molar-refractivity contribution in [2.24, 2.45) is 0 Å². The standard InChI is InChI=1S/C10H13NO2S/c1-8-4-6-14-9(8)7-11-5-3-10(12)13-2/h3-6,11H,7H2,1-2H3/b5-3+. The molecule has 1 N–H and O–H groups in total. The molecule has 0 unspecified atom stereocenters. The monoisotopic (exact) mass is 211 g/mol. The van der Waals surface area contributed by atoms with Crippen LogP contribution in [0.25, 0.3) is 0 Å². The van der Waals surface area contributed by atoms with Crippen molar-refractivity contribution in [1.29, 1.82) is 0 Å². The van der Waals surface area contributed by atoms with E-state index >= 15 is 0 Å². The third-order valence-corrected chi connectivity index (χ3v) is 2.79. The van der Waals surface area contributed by atoms with Crippen molar-refractivity contribution in [3.05, 3.63) is 34.2 Å². The van der Waals surface area contributed by atoms with E-state index in [1.807, 2.05) is 0 Å². The molecule has 0 radical (unpaired) electrons. The maximum Gasteiger partial charge on any atom is 0.331 e. The summed E-state index contributed by atoms with van der Waals surface area (Å²) in [5, 5.41) is 5.07. The van der Waals surface area contributed by atoms with Crippen molar-refractivity contribution < 1.29 is 9.53 Å². The Kier molecular flexibility index (Phi) is 4.19. The number of thiophene rings is 1. The van der Waals surface area contributed by atoms with Gasteiger partial charge in [0.2, 0.25) is 0 Å². The lowest BCUT2D eigenvalue weighted by atomic mass is 10.3. The first-order chi connectivity index (χ1) is 6.74. The molecule has 4 heteroatoms. The van der Waals surface area contributed by atoms with Gasteiger partial charge >= 0.3 is 5.97 Å². The summed E-state index contributed by atoms with van der Waals surface area (Å²) in [6.07, 6.45) is 2.97. The highest BCUT2D eigenvalue weighted by Gasteiger charge is 1.96. The van der Waals surface area contributed by atoms with Crippen molar-refractivity contribution >= 4 is 17.3 Å². The molecule has 0 aromatic carbocycles. The van der Waals surface area contributed by atoms with Gasteiger partial charge in [0.1, 0.15) is 0 Å². The molecule has 0 amide bonds. The van der Waals surface area contributed by atoms with Crippen molar-refractivity contribution in [2.45, 2.75) is 13.5 Å². The van der Waals surface area contributed by atoms with Crippen molar-refractivity contribution in [3.63, 3.8) is 0 Å². The minimum absolute atomic E-state index is 0.347. The highest BCUT2D eigenvalue weighted by molar-refractivity contribution is 7.10. The van der Waals surface area contributed by atoms with Crippen LogP contribution in [0.2, 0.25) is 0 Å². The maximum atomic E-state index is 10.7. The lowest BCUT2D eigenvalue weighted by molar-refractivity contribution is -0.134. The molecule has 0 aliphatic carbocycles. The predicted molar refractivity (Wildman–Crippen MR) is 57.1 cm³/mol. The molecule has 1 rings (SSSR count). The fourth-order valence-electron chi connectivity index (χ4n) is 0.932. The van der Waals surface area contributed by atoms with Gasteiger partial charge in [-0.3, -0.25) is 0 Å². The SMILES string of the molecule is COC(=O)/C=C/NCc1sccc1C. The van der Waals surface area contributed by atoms with Gasteiger partial charge in [0.05, 0.1) is 7.11 Å². The lowest BCUT2D eigenvalue weighted by Crippen LogP contribution is -2.05. The average molecular weight is 211 g/mol. The van der Waals surface area contributed by atoms with Gasteiger partial charge in [-0.1, -0.05) is 0 Å². The van der Waals surface area contributed by atoms with E-state index in [0.717, 1.165) is 6.54 Å². The van der Waals surface area contributed by atoms with Gasteiger partial charge in [-0.25, -0.2) is 4.79 Å². The molecule has 0 aliphatic rings. The summed E-state index contributed by atoms with van der Waals surface area (Å²) >= 11 is 1.70. The van der Waals surface area contributed by atoms with Crippen LogP contribution < -0.4 is 5.32 Å². The molecule has 14 heavy (non-hydrogen) atoms. The van der Waals surface area contributed by atoms with Gasteiger partial charge in [-0.05, 0) is 23.9 Å². The number of hydrogen-bond acceptors (Lipinski definition) is 4. The fourth-order valence-corrected chi connectivity index (χ4v) is 1.79. The number of methoxy groups -OCH3 is 1. The Morgan fingerprint density at radius 1 is 1.71 bits per heavy atom. The summed E-state index contributed by atoms with van der Waals surface area (Å²) in [4.78, 5) is 12.0. The Morgan fingerprint density at radius 3 is 3.07 bits per heavy atom. The van der Waals surface area contributed by atoms with Crippen LogP contribution in [-0.4, -0.2) is 13.1 Å². The first-order valence-corrected chi connectivity index (χ1v) is 5.13. The van der Waals surface area contributed by atoms with Crippen LogP contribution in [-0.2, 0) is 16.1 Å². The number of esters is 1. The zero-order chi connectivity index (χ0) is 10.4. The molecule has 0 bridgehead atoms. The molecule has 1 aromatic rings. The Labute approximate surface area is 87.4 Å². The minimum atomic E-state index is -0.347. The molecule has 0 atom stereocenters. The van der Waals surface area contributed by atoms with E-state index in [1.54, 1.807) is 17.5 Å². The number of carbonyl (C=O) groups is 1. The summed E-state index contributed by atoms with van der Waals surface area (Å²) < 4.78 is 4.45. The van der Waals surface area contributed by atoms with Crippen LogP contribution in [0.3, 0.4) is 0 Å². The zero-order valence-corrected chi connectivity index (χ0v) is 9.06. The van der Waals surface area contributed by atoms with Crippen LogP contribution in [0.5, 0.6) is 0 Å². The molecular formula is C10H13NO2S. The van der Waals surface area contributed by atoms with E-state index in [-0.39, 0.29) is 5.97 Å². The third-order valence-electron chi connectivity index (χ3n) is 1.77. The molecule has 0 saturated carbocycles. The molecule has 1 aromatic heterocycles. The largest absolute Gasteiger partial charge is 0.466 e. The summed E-state index contributed by atoms with van der Waals surface area (Å²) in [7, 11) is 1.36. The van der Waals surface area contributed by atoms with Gasteiger partial charge in [0, 0.05) is 23.7 Å². The number of aryl methyl sites for hydroxylation is 1. The number of rotatable bonds is 4. The van der Waals surface area contributed by atoms with Crippen LogP contribution in [0.4, 0.5) is 0 Å². The van der Waals surface area contributed by atoms with Gasteiger partial charge < -0.3 is 10.1 Å². The van der Waals surface area contributed by atoms with E-state index in [1.165, 1.54) is 23.6 Å². The first kappa shape index (κ1) is 10.8. The van der Waals surface area contributed by atoms with Crippen molar-refractivity contribution in [1.82, 2.24) is 5.32 Å². The van der Waals surface area contributed by atoms with Gasteiger partial charge in [0.25, 0.3) is 0 Å². The first-order valence-electron chi connectivity index (χ1n) is 4.25. The van der Waals surface area contributed by atoms with E-state index in [2.05, 4.69) is 28.4 Å². The third kappa shape index (κ3) is 3.22. The Bertz CT molecular complexity index is 331. The zero-order valence-electron chi connectivity index (χ0n) is 8.24. The molecule has 76 valence electrons. The van der Waals surface area contributed by atoms with E-state index in [4.69, 9.17) is 0 Å². The maximum absolute atomic E-state index is 10.7. The second kappa shape index (κ2) is 5.44. The van der Waals surface area contributed by atoms with Crippen molar-refractivity contribution in [2.75, 3.05) is 7.11 Å². The number of nitrogens with one attached hydrogen (secondary N) is 1. The van der Waals surface area contributed by atoms with Crippen LogP contribution in [0.15, 0.2) is 23.7 Å². The normalized spacial score (nSPS) is 10.4. The molecule has 1 heterocycles. The van der Waals surface area contributed by atoms with Crippen LogP contribution in [0.1, 0.15) is 10.4 Å². The van der Waals surface area contributed by atoms with E-state index < -0.39 is 0 Å². The molecule has 0 saturated heterocycles. The second-order valence-electron chi connectivity index (χ2n) is 2.76. The van der Waals surface area contributed by atoms with Crippen LogP contribution in [0, 0.1) is 6.92 Å². The summed E-state index contributed by atoms with van der Waals surface area (Å²) in [6, 6.07) is 2.08. The number of carbonyl (C=O) groups excluding carboxylic acids is 1. The Hall–Kier alpha value is -1.29. The van der Waals surface area contributed by atoms with Gasteiger partial charge in [0.15, 0.2) is 0 Å². The summed E-state index contributed by atoms with van der Waals surface area (Å²) in [5.41, 5.74) is 1.27. The van der Waals surface area contributed by atoms with Crippen LogP contribution >= 0.6 is 11.3 Å². The van der Waals surface area contributed by atoms with Crippen molar-refractivity contribution in [3.8, 4) is 0 Å². The minimum Gasteiger partial charge on any atom is -0.466 e. The Balaban J connectivity index is 2.32. The number of ether oxygens (including phenoxy) is 1. The van der Waals surface area contributed by atoms with E-state index in [9.17, 15) is 4.79 Å². The highest BCUT2D eigenvalue weighted by Crippen LogP contribution is 2.14. The lowest BCUT2D eigenvalue weighted by Gasteiger charge is -1.98. The summed E-state index contributed by atoms with van der Waals surface area (Å²) in [5.74, 6) is -0.347. The van der Waals surface area contributed by atoms with Gasteiger partial charge in [-0.15, -0.1) is 11.3 Å². The quantitative estimate of drug-likeness (QED) is 0.610. The molecule has 0 fully saturated rings. The second-order valence-corrected chi connectivity index (χ2v) is 3.76. The van der Waals surface area contributed by atoms with Gasteiger partial charge in [-0.2, -0.15) is 0 Å². The Morgan fingerprint density at radius 2 is 2.50 bits per heavy atom. The topological polar surface area (TPSA) is 38.3 Å². The summed E-state index contributed by atoms with van der Waals surface area (Å²) in [6.45, 7) is 2.81. The fraction of sp³-hybridized carbons (Fsp3) is 0.300. The van der Waals surface area contributed by atoms with E-state index in [0.29, 0.717) is 0 Å². The number of hydrogen-bond donors (Lipinski definition) is 1.